The third kappa shape index (κ3) is 1.58. The second kappa shape index (κ2) is 4.41. The maximum absolute atomic E-state index is 6.22. The zero-order valence-electron chi connectivity index (χ0n) is 11.4. The summed E-state index contributed by atoms with van der Waals surface area (Å²) in [6, 6.07) is 8.18. The molecule has 100 valence electrons. The summed E-state index contributed by atoms with van der Waals surface area (Å²) in [5.41, 5.74) is 12.5. The second-order valence-electron chi connectivity index (χ2n) is 5.55. The summed E-state index contributed by atoms with van der Waals surface area (Å²) in [5.74, 6) is 0.506. The van der Waals surface area contributed by atoms with Gasteiger partial charge in [0.15, 0.2) is 0 Å². The van der Waals surface area contributed by atoms with Crippen molar-refractivity contribution in [2.45, 2.75) is 19.3 Å². The van der Waals surface area contributed by atoms with Crippen LogP contribution in [0.3, 0.4) is 0 Å². The largest absolute Gasteiger partial charge is 0.397 e. The van der Waals surface area contributed by atoms with Crippen molar-refractivity contribution in [3.8, 4) is 0 Å². The van der Waals surface area contributed by atoms with Crippen LogP contribution in [-0.2, 0) is 0 Å². The van der Waals surface area contributed by atoms with Gasteiger partial charge in [0.1, 0.15) is 0 Å². The Kier molecular flexibility index (Phi) is 2.56. The van der Waals surface area contributed by atoms with Gasteiger partial charge in [-0.1, -0.05) is 36.4 Å². The number of allylic oxidation sites excluding steroid dienone is 7. The van der Waals surface area contributed by atoms with Crippen LogP contribution in [0.1, 0.15) is 19.3 Å². The normalized spacial score (nSPS) is 23.7. The van der Waals surface area contributed by atoms with E-state index in [1.807, 2.05) is 12.1 Å². The lowest BCUT2D eigenvalue weighted by atomic mass is 9.89. The average molecular weight is 262 g/mol. The van der Waals surface area contributed by atoms with Crippen LogP contribution in [0.4, 0.5) is 11.4 Å². The number of rotatable bonds is 1. The van der Waals surface area contributed by atoms with Gasteiger partial charge >= 0.3 is 0 Å². The molecule has 2 heteroatoms. The van der Waals surface area contributed by atoms with E-state index in [2.05, 4.69) is 47.4 Å². The van der Waals surface area contributed by atoms with Crippen LogP contribution in [0, 0.1) is 5.92 Å². The van der Waals surface area contributed by atoms with Crippen LogP contribution in [0.15, 0.2) is 71.6 Å². The first-order chi connectivity index (χ1) is 9.86. The van der Waals surface area contributed by atoms with Crippen molar-refractivity contribution in [1.82, 2.24) is 0 Å². The molecule has 3 aliphatic rings. The lowest BCUT2D eigenvalue weighted by molar-refractivity contribution is 0.748. The van der Waals surface area contributed by atoms with E-state index in [-0.39, 0.29) is 0 Å². The van der Waals surface area contributed by atoms with Crippen molar-refractivity contribution < 1.29 is 0 Å². The highest BCUT2D eigenvalue weighted by Gasteiger charge is 2.36. The molecule has 0 saturated heterocycles. The van der Waals surface area contributed by atoms with Crippen LogP contribution >= 0.6 is 0 Å². The Morgan fingerprint density at radius 2 is 2.05 bits per heavy atom. The fourth-order valence-corrected chi connectivity index (χ4v) is 3.50. The fraction of sp³-hybridized carbons (Fsp3) is 0.222. The zero-order valence-corrected chi connectivity index (χ0v) is 11.4. The zero-order chi connectivity index (χ0) is 13.5. The molecule has 0 spiro atoms. The molecule has 1 heterocycles. The number of fused-ring (bicyclic) bond motifs is 2. The van der Waals surface area contributed by atoms with Gasteiger partial charge < -0.3 is 10.6 Å². The molecule has 2 N–H and O–H groups in total. The van der Waals surface area contributed by atoms with Crippen molar-refractivity contribution in [3.63, 3.8) is 0 Å². The molecule has 0 bridgehead atoms. The Morgan fingerprint density at radius 3 is 2.95 bits per heavy atom. The predicted octanol–water partition coefficient (Wildman–Crippen LogP) is 4.15. The first-order valence-corrected chi connectivity index (χ1v) is 7.27. The Balaban J connectivity index is 1.90. The third-order valence-corrected chi connectivity index (χ3v) is 4.39. The van der Waals surface area contributed by atoms with E-state index in [1.165, 1.54) is 17.0 Å². The fourth-order valence-electron chi connectivity index (χ4n) is 3.50. The minimum Gasteiger partial charge on any atom is -0.397 e. The first-order valence-electron chi connectivity index (χ1n) is 7.27. The van der Waals surface area contributed by atoms with Crippen LogP contribution < -0.4 is 10.6 Å². The summed E-state index contributed by atoms with van der Waals surface area (Å²) < 4.78 is 0. The summed E-state index contributed by atoms with van der Waals surface area (Å²) in [6.07, 6.45) is 14.6. The first kappa shape index (κ1) is 11.6. The van der Waals surface area contributed by atoms with E-state index in [9.17, 15) is 0 Å². The Labute approximate surface area is 119 Å². The molecule has 0 radical (unpaired) electrons. The predicted molar refractivity (Wildman–Crippen MR) is 84.1 cm³/mol. The molecule has 0 fully saturated rings. The lowest BCUT2D eigenvalue weighted by Crippen LogP contribution is -2.21. The van der Waals surface area contributed by atoms with Crippen molar-refractivity contribution in [3.05, 3.63) is 71.6 Å². The molecule has 1 unspecified atom stereocenters. The summed E-state index contributed by atoms with van der Waals surface area (Å²) in [5, 5.41) is 0. The van der Waals surface area contributed by atoms with Crippen molar-refractivity contribution in [2.75, 3.05) is 10.6 Å². The van der Waals surface area contributed by atoms with Crippen LogP contribution in [-0.4, -0.2) is 0 Å². The van der Waals surface area contributed by atoms with Crippen molar-refractivity contribution in [2.24, 2.45) is 5.92 Å². The van der Waals surface area contributed by atoms with Crippen molar-refractivity contribution >= 4 is 11.4 Å². The molecule has 0 aromatic heterocycles. The summed E-state index contributed by atoms with van der Waals surface area (Å²) in [6.45, 7) is 0. The number of anilines is 2. The Hall–Kier alpha value is -2.22. The highest BCUT2D eigenvalue weighted by atomic mass is 15.2. The molecule has 20 heavy (non-hydrogen) atoms. The molecule has 1 atom stereocenters. The molecular weight excluding hydrogens is 244 g/mol. The average Bonchev–Trinajstić information content (AvgIpc) is 2.83. The van der Waals surface area contributed by atoms with Gasteiger partial charge in [0.25, 0.3) is 0 Å². The number of hydrogen-bond acceptors (Lipinski definition) is 2. The third-order valence-electron chi connectivity index (χ3n) is 4.39. The van der Waals surface area contributed by atoms with Gasteiger partial charge in [0, 0.05) is 17.3 Å². The lowest BCUT2D eigenvalue weighted by Gasteiger charge is -2.28. The SMILES string of the molecule is Nc1ccccc1N1C2=CC=CCC2C2=C1CCC=C2. The van der Waals surface area contributed by atoms with E-state index < -0.39 is 0 Å². The van der Waals surface area contributed by atoms with Gasteiger partial charge in [-0.2, -0.15) is 0 Å². The van der Waals surface area contributed by atoms with Crippen LogP contribution in [0.5, 0.6) is 0 Å². The van der Waals surface area contributed by atoms with Gasteiger partial charge in [0.05, 0.1) is 11.4 Å². The molecule has 0 saturated carbocycles. The maximum atomic E-state index is 6.22. The van der Waals surface area contributed by atoms with E-state index >= 15 is 0 Å². The molecule has 2 aliphatic carbocycles. The standard InChI is InChI=1S/C18H18N2/c19-15-9-3-6-12-18(15)20-16-10-4-1-7-13(16)14-8-2-5-11-17(14)20/h1-4,6,8-10,12-13H,5,7,11,19H2. The quantitative estimate of drug-likeness (QED) is 0.770. The van der Waals surface area contributed by atoms with Gasteiger partial charge in [-0.25, -0.2) is 0 Å². The number of hydrogen-bond donors (Lipinski definition) is 1. The Morgan fingerprint density at radius 1 is 1.15 bits per heavy atom. The molecular formula is C18H18N2. The maximum Gasteiger partial charge on any atom is 0.0685 e. The van der Waals surface area contributed by atoms with E-state index in [1.54, 1.807) is 0 Å². The molecule has 2 nitrogen and oxygen atoms in total. The smallest absolute Gasteiger partial charge is 0.0685 e. The molecule has 1 aromatic rings. The summed E-state index contributed by atoms with van der Waals surface area (Å²) >= 11 is 0. The van der Waals surface area contributed by atoms with Gasteiger partial charge in [-0.05, 0) is 43.0 Å². The number of benzene rings is 1. The van der Waals surface area contributed by atoms with Crippen LogP contribution in [0.25, 0.3) is 0 Å². The second-order valence-corrected chi connectivity index (χ2v) is 5.55. The number of nitrogens with two attached hydrogens (primary N) is 1. The molecule has 4 rings (SSSR count). The number of nitrogens with zero attached hydrogens (tertiary/aromatic N) is 1. The van der Waals surface area contributed by atoms with E-state index in [4.69, 9.17) is 5.73 Å². The van der Waals surface area contributed by atoms with E-state index in [0.717, 1.165) is 30.6 Å². The highest BCUT2D eigenvalue weighted by molar-refractivity contribution is 5.77. The molecule has 0 amide bonds. The highest BCUT2D eigenvalue weighted by Crippen LogP contribution is 2.48. The van der Waals surface area contributed by atoms with Gasteiger partial charge in [0.2, 0.25) is 0 Å². The molecule has 1 aliphatic heterocycles. The summed E-state index contributed by atoms with van der Waals surface area (Å²) in [7, 11) is 0. The van der Waals surface area contributed by atoms with E-state index in [0.29, 0.717) is 5.92 Å². The molecule has 1 aromatic carbocycles. The number of nitrogen functional groups attached to an aromatic ring is 1. The Bertz CT molecular complexity index is 676. The number of para-hydroxylation sites is 2. The minimum atomic E-state index is 0.506. The van der Waals surface area contributed by atoms with Gasteiger partial charge in [-0.15, -0.1) is 0 Å². The van der Waals surface area contributed by atoms with Crippen LogP contribution in [0.2, 0.25) is 0 Å². The minimum absolute atomic E-state index is 0.506. The van der Waals surface area contributed by atoms with Crippen molar-refractivity contribution in [1.29, 1.82) is 0 Å². The summed E-state index contributed by atoms with van der Waals surface area (Å²) in [4.78, 5) is 2.39. The topological polar surface area (TPSA) is 29.3 Å². The monoisotopic (exact) mass is 262 g/mol. The van der Waals surface area contributed by atoms with Gasteiger partial charge in [-0.3, -0.25) is 0 Å².